The fourth-order valence-corrected chi connectivity index (χ4v) is 3.36. The number of alkyl halides is 3. The van der Waals surface area contributed by atoms with Gasteiger partial charge in [-0.15, -0.1) is 0 Å². The summed E-state index contributed by atoms with van der Waals surface area (Å²) in [5.41, 5.74) is 0. The molecule has 0 aromatic carbocycles. The molecule has 1 saturated carbocycles. The molecule has 1 fully saturated rings. The zero-order valence-corrected chi connectivity index (χ0v) is 13.0. The highest BCUT2D eigenvalue weighted by Crippen LogP contribution is 2.32. The second kappa shape index (κ2) is 8.23. The number of hydrogen-bond donors (Lipinski definition) is 1. The number of hydrogen-bond acceptors (Lipinski definition) is 2. The van der Waals surface area contributed by atoms with Crippen LogP contribution in [0.15, 0.2) is 0 Å². The van der Waals surface area contributed by atoms with Crippen LogP contribution < -0.4 is 5.32 Å². The molecule has 0 bridgehead atoms. The third-order valence-electron chi connectivity index (χ3n) is 4.27. The van der Waals surface area contributed by atoms with Crippen LogP contribution in [0.25, 0.3) is 0 Å². The van der Waals surface area contributed by atoms with Gasteiger partial charge in [-0.05, 0) is 45.2 Å². The fraction of sp³-hybridized carbons (Fsp3) is 1.00. The van der Waals surface area contributed by atoms with Gasteiger partial charge in [0.2, 0.25) is 0 Å². The van der Waals surface area contributed by atoms with Gasteiger partial charge in [-0.2, -0.15) is 13.2 Å². The van der Waals surface area contributed by atoms with Crippen LogP contribution >= 0.6 is 0 Å². The van der Waals surface area contributed by atoms with E-state index in [1.165, 1.54) is 4.90 Å². The van der Waals surface area contributed by atoms with E-state index < -0.39 is 12.7 Å². The second-order valence-electron chi connectivity index (χ2n) is 6.13. The monoisotopic (exact) mass is 294 g/mol. The molecule has 3 unspecified atom stereocenters. The van der Waals surface area contributed by atoms with Crippen LogP contribution in [-0.4, -0.2) is 43.3 Å². The van der Waals surface area contributed by atoms with E-state index in [0.29, 0.717) is 5.92 Å². The van der Waals surface area contributed by atoms with Crippen molar-refractivity contribution in [2.45, 2.75) is 70.6 Å². The van der Waals surface area contributed by atoms with Crippen molar-refractivity contribution in [3.63, 3.8) is 0 Å². The Hall–Kier alpha value is -0.290. The summed E-state index contributed by atoms with van der Waals surface area (Å²) in [5.74, 6) is 0.584. The van der Waals surface area contributed by atoms with Crippen LogP contribution in [0.3, 0.4) is 0 Å². The summed E-state index contributed by atoms with van der Waals surface area (Å²) in [5, 5.41) is 3.44. The minimum absolute atomic E-state index is 0.00785. The lowest BCUT2D eigenvalue weighted by atomic mass is 9.79. The van der Waals surface area contributed by atoms with Crippen LogP contribution in [0, 0.1) is 5.92 Å². The normalized spacial score (nSPS) is 28.1. The van der Waals surface area contributed by atoms with Gasteiger partial charge in [0.25, 0.3) is 0 Å². The Morgan fingerprint density at radius 3 is 2.40 bits per heavy atom. The third kappa shape index (κ3) is 6.00. The predicted octanol–water partition coefficient (Wildman–Crippen LogP) is 3.82. The average Bonchev–Trinajstić information content (AvgIpc) is 2.35. The number of nitrogens with zero attached hydrogens (tertiary/aromatic N) is 1. The third-order valence-corrected chi connectivity index (χ3v) is 4.27. The summed E-state index contributed by atoms with van der Waals surface area (Å²) in [4.78, 5) is 1.51. The molecule has 1 aliphatic carbocycles. The molecule has 120 valence electrons. The Morgan fingerprint density at radius 2 is 1.85 bits per heavy atom. The van der Waals surface area contributed by atoms with E-state index in [1.54, 1.807) is 7.05 Å². The van der Waals surface area contributed by atoms with Gasteiger partial charge >= 0.3 is 6.18 Å². The number of likely N-dealkylation sites (N-methyl/N-ethyl adjacent to an activating group) is 1. The Bertz CT molecular complexity index is 268. The highest BCUT2D eigenvalue weighted by molar-refractivity contribution is 4.90. The molecule has 2 nitrogen and oxygen atoms in total. The molecule has 0 radical (unpaired) electrons. The molecule has 20 heavy (non-hydrogen) atoms. The van der Waals surface area contributed by atoms with Crippen LogP contribution in [0.5, 0.6) is 0 Å². The van der Waals surface area contributed by atoms with E-state index in [2.05, 4.69) is 19.2 Å². The van der Waals surface area contributed by atoms with Crippen LogP contribution in [0.1, 0.15) is 52.4 Å². The van der Waals surface area contributed by atoms with E-state index >= 15 is 0 Å². The van der Waals surface area contributed by atoms with Crippen molar-refractivity contribution >= 4 is 0 Å². The first kappa shape index (κ1) is 17.8. The summed E-state index contributed by atoms with van der Waals surface area (Å²) in [6.45, 7) is 4.32. The van der Waals surface area contributed by atoms with Gasteiger partial charge in [0, 0.05) is 12.1 Å². The molecule has 0 spiro atoms. The molecule has 5 heteroatoms. The Morgan fingerprint density at radius 1 is 1.15 bits per heavy atom. The van der Waals surface area contributed by atoms with Gasteiger partial charge in [0.15, 0.2) is 0 Å². The summed E-state index contributed by atoms with van der Waals surface area (Å²) < 4.78 is 37.9. The lowest BCUT2D eigenvalue weighted by molar-refractivity contribution is -0.150. The SMILES string of the molecule is CCCNC1CCC(CCC)CC1N(C)CC(F)(F)F. The minimum Gasteiger partial charge on any atom is -0.312 e. The van der Waals surface area contributed by atoms with E-state index in [0.717, 1.165) is 45.1 Å². The molecule has 1 N–H and O–H groups in total. The first-order valence-corrected chi connectivity index (χ1v) is 7.87. The molecule has 1 aliphatic rings. The van der Waals surface area contributed by atoms with E-state index in [9.17, 15) is 13.2 Å². The molecular formula is C15H29F3N2. The summed E-state index contributed by atoms with van der Waals surface area (Å²) >= 11 is 0. The largest absolute Gasteiger partial charge is 0.401 e. The lowest BCUT2D eigenvalue weighted by Crippen LogP contribution is -2.54. The van der Waals surface area contributed by atoms with Crippen LogP contribution in [0.2, 0.25) is 0 Å². The quantitative estimate of drug-likeness (QED) is 0.768. The van der Waals surface area contributed by atoms with Crippen LogP contribution in [-0.2, 0) is 0 Å². The molecule has 0 aliphatic heterocycles. The zero-order chi connectivity index (χ0) is 15.2. The number of rotatable bonds is 7. The van der Waals surface area contributed by atoms with Gasteiger partial charge in [0.05, 0.1) is 6.54 Å². The van der Waals surface area contributed by atoms with Gasteiger partial charge < -0.3 is 5.32 Å². The van der Waals surface area contributed by atoms with Crippen molar-refractivity contribution in [1.82, 2.24) is 10.2 Å². The van der Waals surface area contributed by atoms with Crippen molar-refractivity contribution in [3.05, 3.63) is 0 Å². The van der Waals surface area contributed by atoms with E-state index in [-0.39, 0.29) is 12.1 Å². The van der Waals surface area contributed by atoms with E-state index in [4.69, 9.17) is 0 Å². The van der Waals surface area contributed by atoms with Gasteiger partial charge in [-0.25, -0.2) is 0 Å². The van der Waals surface area contributed by atoms with Crippen molar-refractivity contribution in [2.75, 3.05) is 20.1 Å². The van der Waals surface area contributed by atoms with Gasteiger partial charge in [0.1, 0.15) is 0 Å². The second-order valence-corrected chi connectivity index (χ2v) is 6.13. The first-order chi connectivity index (χ1) is 9.37. The smallest absolute Gasteiger partial charge is 0.312 e. The summed E-state index contributed by atoms with van der Waals surface area (Å²) in [6.07, 6.45) is 2.20. The van der Waals surface area contributed by atoms with Crippen molar-refractivity contribution in [1.29, 1.82) is 0 Å². The Labute approximate surface area is 121 Å². The van der Waals surface area contributed by atoms with E-state index in [1.807, 2.05) is 0 Å². The summed E-state index contributed by atoms with van der Waals surface area (Å²) in [6, 6.07) is 0.212. The van der Waals surface area contributed by atoms with Crippen molar-refractivity contribution in [2.24, 2.45) is 5.92 Å². The number of nitrogens with one attached hydrogen (secondary N) is 1. The van der Waals surface area contributed by atoms with Gasteiger partial charge in [-0.3, -0.25) is 4.90 Å². The molecule has 0 aromatic rings. The first-order valence-electron chi connectivity index (χ1n) is 7.87. The fourth-order valence-electron chi connectivity index (χ4n) is 3.36. The molecule has 0 heterocycles. The molecule has 0 saturated heterocycles. The van der Waals surface area contributed by atoms with Crippen LogP contribution in [0.4, 0.5) is 13.2 Å². The standard InChI is InChI=1S/C15H29F3N2/c1-4-6-12-7-8-13(19-9-5-2)14(10-12)20(3)11-15(16,17)18/h12-14,19H,4-11H2,1-3H3. The predicted molar refractivity (Wildman–Crippen MR) is 76.8 cm³/mol. The molecule has 3 atom stereocenters. The lowest BCUT2D eigenvalue weighted by Gasteiger charge is -2.42. The molecule has 1 rings (SSSR count). The zero-order valence-electron chi connectivity index (χ0n) is 13.0. The molecular weight excluding hydrogens is 265 g/mol. The Balaban J connectivity index is 2.64. The molecule has 0 amide bonds. The average molecular weight is 294 g/mol. The van der Waals surface area contributed by atoms with Gasteiger partial charge in [-0.1, -0.05) is 26.7 Å². The summed E-state index contributed by atoms with van der Waals surface area (Å²) in [7, 11) is 1.62. The maximum atomic E-state index is 12.6. The van der Waals surface area contributed by atoms with Crippen molar-refractivity contribution < 1.29 is 13.2 Å². The highest BCUT2D eigenvalue weighted by atomic mass is 19.4. The molecule has 0 aromatic heterocycles. The maximum absolute atomic E-state index is 12.6. The maximum Gasteiger partial charge on any atom is 0.401 e. The highest BCUT2D eigenvalue weighted by Gasteiger charge is 2.37. The topological polar surface area (TPSA) is 15.3 Å². The minimum atomic E-state index is -4.11. The Kier molecular flexibility index (Phi) is 7.30. The number of halogens is 3. The van der Waals surface area contributed by atoms with Crippen molar-refractivity contribution in [3.8, 4) is 0 Å².